The molecule has 1 amide bonds. The Morgan fingerprint density at radius 3 is 2.73 bits per heavy atom. The normalized spacial score (nSPS) is 19.8. The van der Waals surface area contributed by atoms with Gasteiger partial charge in [-0.1, -0.05) is 0 Å². The van der Waals surface area contributed by atoms with Crippen LogP contribution in [0.4, 0.5) is 0 Å². The van der Waals surface area contributed by atoms with Gasteiger partial charge in [-0.25, -0.2) is 9.79 Å². The van der Waals surface area contributed by atoms with Gasteiger partial charge < -0.3 is 10.8 Å². The molecule has 6 nitrogen and oxygen atoms in total. The third-order valence-electron chi connectivity index (χ3n) is 0.975. The molecule has 11 heavy (non-hydrogen) atoms. The second-order valence-electron chi connectivity index (χ2n) is 1.82. The first-order valence-corrected chi connectivity index (χ1v) is 2.70. The molecule has 0 radical (unpaired) electrons. The molecule has 6 heteroatoms. The smallest absolute Gasteiger partial charge is 0.330 e. The van der Waals surface area contributed by atoms with Crippen molar-refractivity contribution in [1.29, 1.82) is 0 Å². The van der Waals surface area contributed by atoms with Crippen molar-refractivity contribution in [2.75, 3.05) is 0 Å². The summed E-state index contributed by atoms with van der Waals surface area (Å²) < 4.78 is 0. The van der Waals surface area contributed by atoms with Crippen LogP contribution in [0.2, 0.25) is 0 Å². The van der Waals surface area contributed by atoms with E-state index in [-0.39, 0.29) is 11.7 Å². The second kappa shape index (κ2) is 2.41. The monoisotopic (exact) mass is 155 g/mol. The van der Waals surface area contributed by atoms with E-state index in [1.54, 1.807) is 0 Å². The standard InChI is InChI=1S/C5H5N3O3/c6-5-7-2(1-3(9)10)4(11)8-5/h1H,(H,9,10)(H3,6,7,8,11)/b2-1+. The second-order valence-corrected chi connectivity index (χ2v) is 1.82. The number of rotatable bonds is 1. The van der Waals surface area contributed by atoms with Crippen molar-refractivity contribution in [3.8, 4) is 0 Å². The Labute approximate surface area is 61.4 Å². The number of nitrogens with zero attached hydrogens (tertiary/aromatic N) is 1. The Balaban J connectivity index is 2.90. The number of carboxylic acids is 1. The number of carbonyl (C=O) groups is 2. The van der Waals surface area contributed by atoms with Gasteiger partial charge in [-0.15, -0.1) is 0 Å². The first kappa shape index (κ1) is 7.26. The first-order valence-electron chi connectivity index (χ1n) is 2.70. The minimum absolute atomic E-state index is 0.0810. The summed E-state index contributed by atoms with van der Waals surface area (Å²) in [5.74, 6) is -1.90. The quantitative estimate of drug-likeness (QED) is 0.396. The lowest BCUT2D eigenvalue weighted by molar-refractivity contribution is -0.131. The Kier molecular flexibility index (Phi) is 1.59. The summed E-state index contributed by atoms with van der Waals surface area (Å²) in [5.41, 5.74) is 4.89. The Bertz CT molecular complexity index is 279. The molecule has 0 aromatic heterocycles. The van der Waals surface area contributed by atoms with E-state index in [9.17, 15) is 9.59 Å². The zero-order valence-corrected chi connectivity index (χ0v) is 5.37. The van der Waals surface area contributed by atoms with E-state index in [4.69, 9.17) is 10.8 Å². The number of aliphatic imine (C=N–C) groups is 1. The summed E-state index contributed by atoms with van der Waals surface area (Å²) in [4.78, 5) is 24.1. The van der Waals surface area contributed by atoms with E-state index in [0.717, 1.165) is 0 Å². The lowest BCUT2D eigenvalue weighted by Gasteiger charge is -1.86. The van der Waals surface area contributed by atoms with Crippen molar-refractivity contribution in [3.63, 3.8) is 0 Å². The molecule has 1 aliphatic heterocycles. The van der Waals surface area contributed by atoms with Crippen LogP contribution in [0.5, 0.6) is 0 Å². The SMILES string of the molecule is NC1=N/C(=C/C(=O)O)C(=O)N1. The summed E-state index contributed by atoms with van der Waals surface area (Å²) >= 11 is 0. The Morgan fingerprint density at radius 1 is 1.73 bits per heavy atom. The first-order chi connectivity index (χ1) is 5.09. The van der Waals surface area contributed by atoms with Gasteiger partial charge in [0, 0.05) is 0 Å². The fourth-order valence-electron chi connectivity index (χ4n) is 0.604. The molecule has 4 N–H and O–H groups in total. The molecule has 0 aliphatic carbocycles. The maximum absolute atomic E-state index is 10.7. The van der Waals surface area contributed by atoms with Crippen molar-refractivity contribution in [3.05, 3.63) is 11.8 Å². The number of aliphatic carboxylic acids is 1. The van der Waals surface area contributed by atoms with Gasteiger partial charge in [0.05, 0.1) is 6.08 Å². The van der Waals surface area contributed by atoms with Crippen LogP contribution in [0.25, 0.3) is 0 Å². The summed E-state index contributed by atoms with van der Waals surface area (Å²) in [5, 5.41) is 10.3. The van der Waals surface area contributed by atoms with Gasteiger partial charge in [0.1, 0.15) is 5.70 Å². The average molecular weight is 155 g/mol. The molecule has 0 fully saturated rings. The molecular formula is C5H5N3O3. The lowest BCUT2D eigenvalue weighted by Crippen LogP contribution is -2.30. The lowest BCUT2D eigenvalue weighted by atomic mass is 10.4. The number of guanidine groups is 1. The summed E-state index contributed by atoms with van der Waals surface area (Å²) in [6.07, 6.45) is 0.690. The van der Waals surface area contributed by atoms with Gasteiger partial charge >= 0.3 is 5.97 Å². The van der Waals surface area contributed by atoms with Crippen molar-refractivity contribution in [1.82, 2.24) is 5.32 Å². The van der Waals surface area contributed by atoms with Crippen molar-refractivity contribution < 1.29 is 14.7 Å². The number of nitrogens with two attached hydrogens (primary N) is 1. The number of hydrogen-bond acceptors (Lipinski definition) is 4. The molecule has 0 saturated heterocycles. The molecule has 0 spiro atoms. The molecule has 1 aliphatic rings. The molecule has 0 unspecified atom stereocenters. The minimum Gasteiger partial charge on any atom is -0.478 e. The van der Waals surface area contributed by atoms with Crippen LogP contribution in [0.15, 0.2) is 16.8 Å². The highest BCUT2D eigenvalue weighted by molar-refractivity contribution is 6.12. The van der Waals surface area contributed by atoms with E-state index >= 15 is 0 Å². The van der Waals surface area contributed by atoms with E-state index in [0.29, 0.717) is 6.08 Å². The van der Waals surface area contributed by atoms with Gasteiger partial charge in [-0.05, 0) is 0 Å². The largest absolute Gasteiger partial charge is 0.478 e. The van der Waals surface area contributed by atoms with E-state index in [1.807, 2.05) is 0 Å². The van der Waals surface area contributed by atoms with Gasteiger partial charge in [-0.3, -0.25) is 10.1 Å². The van der Waals surface area contributed by atoms with Crippen LogP contribution in [0, 0.1) is 0 Å². The molecule has 0 bridgehead atoms. The highest BCUT2D eigenvalue weighted by Gasteiger charge is 2.18. The van der Waals surface area contributed by atoms with Crippen molar-refractivity contribution in [2.24, 2.45) is 10.7 Å². The molecule has 1 rings (SSSR count). The van der Waals surface area contributed by atoms with E-state index < -0.39 is 11.9 Å². The van der Waals surface area contributed by atoms with Gasteiger partial charge in [-0.2, -0.15) is 0 Å². The van der Waals surface area contributed by atoms with Crippen LogP contribution >= 0.6 is 0 Å². The predicted octanol–water partition coefficient (Wildman–Crippen LogP) is -1.60. The Hall–Kier alpha value is -1.85. The zero-order chi connectivity index (χ0) is 8.43. The minimum atomic E-state index is -1.23. The zero-order valence-electron chi connectivity index (χ0n) is 5.37. The number of carbonyl (C=O) groups excluding carboxylic acids is 1. The molecule has 0 saturated carbocycles. The van der Waals surface area contributed by atoms with Gasteiger partial charge in [0.2, 0.25) is 5.96 Å². The number of nitrogens with one attached hydrogen (secondary N) is 1. The van der Waals surface area contributed by atoms with E-state index in [2.05, 4.69) is 10.3 Å². The van der Waals surface area contributed by atoms with Crippen LogP contribution in [-0.2, 0) is 9.59 Å². The molecular weight excluding hydrogens is 150 g/mol. The summed E-state index contributed by atoms with van der Waals surface area (Å²) in [7, 11) is 0. The summed E-state index contributed by atoms with van der Waals surface area (Å²) in [6, 6.07) is 0. The van der Waals surface area contributed by atoms with Crippen LogP contribution < -0.4 is 11.1 Å². The predicted molar refractivity (Wildman–Crippen MR) is 35.5 cm³/mol. The van der Waals surface area contributed by atoms with Gasteiger partial charge in [0.15, 0.2) is 0 Å². The highest BCUT2D eigenvalue weighted by Crippen LogP contribution is 2.01. The average Bonchev–Trinajstić information content (AvgIpc) is 2.09. The van der Waals surface area contributed by atoms with Crippen LogP contribution in [0.1, 0.15) is 0 Å². The maximum atomic E-state index is 10.7. The fourth-order valence-corrected chi connectivity index (χ4v) is 0.604. The topological polar surface area (TPSA) is 105 Å². The Morgan fingerprint density at radius 2 is 2.36 bits per heavy atom. The van der Waals surface area contributed by atoms with Crippen LogP contribution in [0.3, 0.4) is 0 Å². The molecule has 0 atom stereocenters. The number of amides is 1. The fraction of sp³-hybridized carbons (Fsp3) is 0. The highest BCUT2D eigenvalue weighted by atomic mass is 16.4. The third kappa shape index (κ3) is 1.54. The number of carboxylic acid groups (broad SMARTS) is 1. The molecule has 0 aromatic carbocycles. The molecule has 1 heterocycles. The van der Waals surface area contributed by atoms with Crippen molar-refractivity contribution >= 4 is 17.8 Å². The number of hydrogen-bond donors (Lipinski definition) is 3. The van der Waals surface area contributed by atoms with E-state index in [1.165, 1.54) is 0 Å². The third-order valence-corrected chi connectivity index (χ3v) is 0.975. The maximum Gasteiger partial charge on any atom is 0.330 e. The molecule has 0 aromatic rings. The molecule has 58 valence electrons. The van der Waals surface area contributed by atoms with Crippen molar-refractivity contribution in [2.45, 2.75) is 0 Å². The summed E-state index contributed by atoms with van der Waals surface area (Å²) in [6.45, 7) is 0. The van der Waals surface area contributed by atoms with Gasteiger partial charge in [0.25, 0.3) is 5.91 Å². The van der Waals surface area contributed by atoms with Crippen LogP contribution in [-0.4, -0.2) is 22.9 Å².